The zero-order valence-corrected chi connectivity index (χ0v) is 13.3. The molecule has 2 N–H and O–H groups in total. The van der Waals surface area contributed by atoms with Gasteiger partial charge in [-0.15, -0.1) is 5.10 Å². The van der Waals surface area contributed by atoms with Crippen molar-refractivity contribution in [1.82, 2.24) is 15.0 Å². The summed E-state index contributed by atoms with van der Waals surface area (Å²) in [5.41, 5.74) is 9.23. The zero-order chi connectivity index (χ0) is 15.6. The standard InChI is InChI=1S/C19H22N4/c20-13-17-19(15-8-2-1-3-9-15)23(22-21-17)18-12-6-10-14-7-4-5-11-16(14)18/h4-7,10-12,15H,1-3,8-9,13,20H2. The van der Waals surface area contributed by atoms with Gasteiger partial charge in [-0.3, -0.25) is 0 Å². The molecular formula is C19H22N4. The summed E-state index contributed by atoms with van der Waals surface area (Å²) in [5, 5.41) is 11.3. The molecule has 1 aromatic heterocycles. The van der Waals surface area contributed by atoms with Crippen LogP contribution in [0.1, 0.15) is 49.4 Å². The van der Waals surface area contributed by atoms with Gasteiger partial charge in [-0.25, -0.2) is 4.68 Å². The van der Waals surface area contributed by atoms with Gasteiger partial charge in [0.2, 0.25) is 0 Å². The second kappa shape index (κ2) is 6.13. The summed E-state index contributed by atoms with van der Waals surface area (Å²) in [4.78, 5) is 0. The normalized spacial score (nSPS) is 16.0. The number of fused-ring (bicyclic) bond motifs is 1. The second-order valence-corrected chi connectivity index (χ2v) is 6.37. The third kappa shape index (κ3) is 2.53. The molecule has 0 aliphatic heterocycles. The Hall–Kier alpha value is -2.20. The van der Waals surface area contributed by atoms with Gasteiger partial charge in [0, 0.05) is 17.8 Å². The molecule has 23 heavy (non-hydrogen) atoms. The average Bonchev–Trinajstić information content (AvgIpc) is 3.06. The minimum atomic E-state index is 0.455. The third-order valence-corrected chi connectivity index (χ3v) is 4.96. The lowest BCUT2D eigenvalue weighted by atomic mass is 9.86. The predicted molar refractivity (Wildman–Crippen MR) is 92.6 cm³/mol. The first kappa shape index (κ1) is 14.4. The van der Waals surface area contributed by atoms with E-state index in [2.05, 4.69) is 52.8 Å². The Balaban J connectivity index is 1.89. The number of rotatable bonds is 3. The van der Waals surface area contributed by atoms with Crippen LogP contribution in [0, 0.1) is 0 Å². The number of benzene rings is 2. The van der Waals surface area contributed by atoms with E-state index in [1.165, 1.54) is 48.6 Å². The second-order valence-electron chi connectivity index (χ2n) is 6.37. The summed E-state index contributed by atoms with van der Waals surface area (Å²) in [6.07, 6.45) is 6.34. The predicted octanol–water partition coefficient (Wildman–Crippen LogP) is 3.93. The lowest BCUT2D eigenvalue weighted by Crippen LogP contribution is -2.14. The van der Waals surface area contributed by atoms with Crippen LogP contribution >= 0.6 is 0 Å². The highest BCUT2D eigenvalue weighted by Gasteiger charge is 2.25. The Morgan fingerprint density at radius 1 is 1.00 bits per heavy atom. The molecular weight excluding hydrogens is 284 g/mol. The molecule has 1 heterocycles. The molecule has 0 spiro atoms. The van der Waals surface area contributed by atoms with Gasteiger partial charge in [0.25, 0.3) is 0 Å². The molecule has 0 atom stereocenters. The Labute approximate surface area is 136 Å². The smallest absolute Gasteiger partial charge is 0.100 e. The van der Waals surface area contributed by atoms with E-state index >= 15 is 0 Å². The van der Waals surface area contributed by atoms with Crippen LogP contribution in [-0.4, -0.2) is 15.0 Å². The van der Waals surface area contributed by atoms with Crippen molar-refractivity contribution in [2.24, 2.45) is 5.73 Å². The molecule has 118 valence electrons. The van der Waals surface area contributed by atoms with Crippen LogP contribution in [-0.2, 0) is 6.54 Å². The summed E-state index contributed by atoms with van der Waals surface area (Å²) in [6, 6.07) is 14.8. The highest BCUT2D eigenvalue weighted by atomic mass is 15.4. The number of aromatic nitrogens is 3. The lowest BCUT2D eigenvalue weighted by molar-refractivity contribution is 0.428. The van der Waals surface area contributed by atoms with Gasteiger partial charge in [-0.05, 0) is 24.3 Å². The molecule has 0 saturated heterocycles. The van der Waals surface area contributed by atoms with Gasteiger partial charge in [0.1, 0.15) is 5.69 Å². The number of hydrogen-bond donors (Lipinski definition) is 1. The van der Waals surface area contributed by atoms with Gasteiger partial charge in [0.05, 0.1) is 11.4 Å². The van der Waals surface area contributed by atoms with Crippen molar-refractivity contribution in [2.75, 3.05) is 0 Å². The minimum absolute atomic E-state index is 0.455. The van der Waals surface area contributed by atoms with Crippen LogP contribution in [0.5, 0.6) is 0 Å². The van der Waals surface area contributed by atoms with E-state index in [0.717, 1.165) is 11.4 Å². The maximum atomic E-state index is 5.95. The summed E-state index contributed by atoms with van der Waals surface area (Å²) in [7, 11) is 0. The molecule has 3 aromatic rings. The first-order valence-electron chi connectivity index (χ1n) is 8.51. The van der Waals surface area contributed by atoms with Gasteiger partial charge in [-0.1, -0.05) is 60.9 Å². The number of nitrogens with two attached hydrogens (primary N) is 1. The average molecular weight is 306 g/mol. The fourth-order valence-corrected chi connectivity index (χ4v) is 3.82. The fraction of sp³-hybridized carbons (Fsp3) is 0.368. The minimum Gasteiger partial charge on any atom is -0.325 e. The molecule has 2 aromatic carbocycles. The Morgan fingerprint density at radius 2 is 1.78 bits per heavy atom. The Kier molecular flexibility index (Phi) is 3.83. The van der Waals surface area contributed by atoms with E-state index in [1.54, 1.807) is 0 Å². The van der Waals surface area contributed by atoms with Crippen molar-refractivity contribution in [3.05, 3.63) is 53.9 Å². The van der Waals surface area contributed by atoms with Gasteiger partial charge in [-0.2, -0.15) is 0 Å². The SMILES string of the molecule is NCc1nnn(-c2cccc3ccccc23)c1C1CCCCC1. The molecule has 4 rings (SSSR count). The van der Waals surface area contributed by atoms with Crippen LogP contribution < -0.4 is 5.73 Å². The van der Waals surface area contributed by atoms with Gasteiger partial charge >= 0.3 is 0 Å². The molecule has 1 aliphatic carbocycles. The summed E-state index contributed by atoms with van der Waals surface area (Å²) in [6.45, 7) is 0.455. The highest BCUT2D eigenvalue weighted by molar-refractivity contribution is 5.90. The Bertz CT molecular complexity index is 810. The molecule has 1 fully saturated rings. The van der Waals surface area contributed by atoms with Crippen LogP contribution in [0.25, 0.3) is 16.5 Å². The van der Waals surface area contributed by atoms with Crippen LogP contribution in [0.3, 0.4) is 0 Å². The number of hydrogen-bond acceptors (Lipinski definition) is 3. The molecule has 4 heteroatoms. The first-order chi connectivity index (χ1) is 11.4. The molecule has 1 saturated carbocycles. The zero-order valence-electron chi connectivity index (χ0n) is 13.3. The van der Waals surface area contributed by atoms with E-state index in [0.29, 0.717) is 12.5 Å². The molecule has 0 unspecified atom stereocenters. The van der Waals surface area contributed by atoms with Crippen LogP contribution in [0.15, 0.2) is 42.5 Å². The maximum absolute atomic E-state index is 5.95. The van der Waals surface area contributed by atoms with Crippen molar-refractivity contribution < 1.29 is 0 Å². The molecule has 0 radical (unpaired) electrons. The highest BCUT2D eigenvalue weighted by Crippen LogP contribution is 2.35. The Morgan fingerprint density at radius 3 is 2.61 bits per heavy atom. The van der Waals surface area contributed by atoms with E-state index in [9.17, 15) is 0 Å². The van der Waals surface area contributed by atoms with Gasteiger partial charge in [0.15, 0.2) is 0 Å². The fourth-order valence-electron chi connectivity index (χ4n) is 3.82. The molecule has 1 aliphatic rings. The molecule has 4 nitrogen and oxygen atoms in total. The third-order valence-electron chi connectivity index (χ3n) is 4.96. The van der Waals surface area contributed by atoms with E-state index < -0.39 is 0 Å². The quantitative estimate of drug-likeness (QED) is 0.797. The molecule has 0 amide bonds. The van der Waals surface area contributed by atoms with Crippen molar-refractivity contribution >= 4 is 10.8 Å². The maximum Gasteiger partial charge on any atom is 0.100 e. The summed E-state index contributed by atoms with van der Waals surface area (Å²) >= 11 is 0. The largest absolute Gasteiger partial charge is 0.325 e. The van der Waals surface area contributed by atoms with Crippen molar-refractivity contribution in [3.63, 3.8) is 0 Å². The number of nitrogens with zero attached hydrogens (tertiary/aromatic N) is 3. The monoisotopic (exact) mass is 306 g/mol. The van der Waals surface area contributed by atoms with Crippen LogP contribution in [0.4, 0.5) is 0 Å². The van der Waals surface area contributed by atoms with E-state index in [4.69, 9.17) is 5.73 Å². The summed E-state index contributed by atoms with van der Waals surface area (Å²) < 4.78 is 2.04. The van der Waals surface area contributed by atoms with E-state index in [1.807, 2.05) is 4.68 Å². The first-order valence-corrected chi connectivity index (χ1v) is 8.51. The summed E-state index contributed by atoms with van der Waals surface area (Å²) in [5.74, 6) is 0.524. The van der Waals surface area contributed by atoms with E-state index in [-0.39, 0.29) is 0 Å². The molecule has 0 bridgehead atoms. The van der Waals surface area contributed by atoms with Crippen molar-refractivity contribution in [3.8, 4) is 5.69 Å². The van der Waals surface area contributed by atoms with Crippen LogP contribution in [0.2, 0.25) is 0 Å². The topological polar surface area (TPSA) is 56.7 Å². The van der Waals surface area contributed by atoms with Crippen molar-refractivity contribution in [1.29, 1.82) is 0 Å². The van der Waals surface area contributed by atoms with Crippen molar-refractivity contribution in [2.45, 2.75) is 44.6 Å². The lowest BCUT2D eigenvalue weighted by Gasteiger charge is -2.23. The van der Waals surface area contributed by atoms with Gasteiger partial charge < -0.3 is 5.73 Å².